The predicted octanol–water partition coefficient (Wildman–Crippen LogP) is 2.61. The van der Waals surface area contributed by atoms with Crippen molar-refractivity contribution in [2.75, 3.05) is 0 Å². The van der Waals surface area contributed by atoms with Gasteiger partial charge in [0.15, 0.2) is 0 Å². The number of carbonyl (C=O) groups is 3. The van der Waals surface area contributed by atoms with E-state index < -0.39 is 23.8 Å². The van der Waals surface area contributed by atoms with E-state index in [1.807, 2.05) is 49.4 Å². The molecule has 1 fully saturated rings. The molecule has 3 rings (SSSR count). The quantitative estimate of drug-likeness (QED) is 0.812. The lowest BCUT2D eigenvalue weighted by molar-refractivity contribution is -0.154. The molecule has 1 aliphatic rings. The zero-order chi connectivity index (χ0) is 18.7. The van der Waals surface area contributed by atoms with Gasteiger partial charge in [-0.05, 0) is 24.5 Å². The number of likely N-dealkylation sites (tertiary alicyclic amines) is 1. The highest BCUT2D eigenvalue weighted by atomic mass is 16.4. The Morgan fingerprint density at radius 2 is 1.73 bits per heavy atom. The van der Waals surface area contributed by atoms with Crippen LogP contribution < -0.4 is 0 Å². The maximum Gasteiger partial charge on any atom is 0.327 e. The van der Waals surface area contributed by atoms with Crippen molar-refractivity contribution in [1.82, 2.24) is 4.90 Å². The molecule has 2 aromatic rings. The molecule has 0 aliphatic carbocycles. The number of imide groups is 1. The molecule has 1 N–H and O–H groups in total. The monoisotopic (exact) mass is 351 g/mol. The molecule has 2 amide bonds. The average molecular weight is 351 g/mol. The standard InChI is InChI=1S/C21H21NO4/c1-14-7-9-16(10-8-14)11-17-13-19(23)22(20(17)24)18(21(25)26)12-15-5-3-2-4-6-15/h2-10,17-18H,11-13H2,1H3,(H,25,26)/t17-,18-/m0/s1. The minimum Gasteiger partial charge on any atom is -0.480 e. The van der Waals surface area contributed by atoms with Gasteiger partial charge in [-0.3, -0.25) is 14.5 Å². The third-order valence-corrected chi connectivity index (χ3v) is 4.75. The van der Waals surface area contributed by atoms with Crippen LogP contribution in [0.2, 0.25) is 0 Å². The van der Waals surface area contributed by atoms with Crippen molar-refractivity contribution in [3.05, 3.63) is 71.3 Å². The van der Waals surface area contributed by atoms with E-state index in [4.69, 9.17) is 0 Å². The molecular formula is C21H21NO4. The molecule has 0 saturated carbocycles. The molecule has 0 spiro atoms. The van der Waals surface area contributed by atoms with Gasteiger partial charge >= 0.3 is 5.97 Å². The van der Waals surface area contributed by atoms with Crippen molar-refractivity contribution in [1.29, 1.82) is 0 Å². The van der Waals surface area contributed by atoms with Crippen molar-refractivity contribution >= 4 is 17.8 Å². The minimum absolute atomic E-state index is 0.0608. The van der Waals surface area contributed by atoms with Crippen LogP contribution in [0.5, 0.6) is 0 Å². The van der Waals surface area contributed by atoms with Gasteiger partial charge in [0.05, 0.1) is 5.92 Å². The van der Waals surface area contributed by atoms with Gasteiger partial charge in [-0.15, -0.1) is 0 Å². The Kier molecular flexibility index (Phi) is 5.16. The first kappa shape index (κ1) is 17.9. The summed E-state index contributed by atoms with van der Waals surface area (Å²) in [5.41, 5.74) is 2.87. The van der Waals surface area contributed by atoms with Crippen molar-refractivity contribution < 1.29 is 19.5 Å². The van der Waals surface area contributed by atoms with E-state index in [-0.39, 0.29) is 18.7 Å². The van der Waals surface area contributed by atoms with Crippen LogP contribution in [0.4, 0.5) is 0 Å². The van der Waals surface area contributed by atoms with Crippen LogP contribution in [0.1, 0.15) is 23.1 Å². The summed E-state index contributed by atoms with van der Waals surface area (Å²) in [5, 5.41) is 9.59. The lowest BCUT2D eigenvalue weighted by Gasteiger charge is -2.23. The first-order chi connectivity index (χ1) is 12.5. The molecule has 26 heavy (non-hydrogen) atoms. The number of rotatable bonds is 6. The topological polar surface area (TPSA) is 74.7 Å². The summed E-state index contributed by atoms with van der Waals surface area (Å²) in [4.78, 5) is 37.9. The Balaban J connectivity index is 1.77. The Morgan fingerprint density at radius 1 is 1.08 bits per heavy atom. The van der Waals surface area contributed by atoms with Crippen LogP contribution in [-0.2, 0) is 27.2 Å². The summed E-state index contributed by atoms with van der Waals surface area (Å²) >= 11 is 0. The number of amides is 2. The number of hydrogen-bond donors (Lipinski definition) is 1. The number of benzene rings is 2. The number of carboxylic acid groups (broad SMARTS) is 1. The van der Waals surface area contributed by atoms with Crippen molar-refractivity contribution in [3.63, 3.8) is 0 Å². The zero-order valence-electron chi connectivity index (χ0n) is 14.6. The van der Waals surface area contributed by atoms with Gasteiger partial charge in [0, 0.05) is 12.8 Å². The van der Waals surface area contributed by atoms with Gasteiger partial charge in [-0.25, -0.2) is 4.79 Å². The number of aliphatic carboxylic acids is 1. The van der Waals surface area contributed by atoms with Crippen LogP contribution in [-0.4, -0.2) is 33.8 Å². The SMILES string of the molecule is Cc1ccc(C[C@H]2CC(=O)N([C@@H](Cc3ccccc3)C(=O)O)C2=O)cc1. The van der Waals surface area contributed by atoms with E-state index in [0.29, 0.717) is 6.42 Å². The Labute approximate surface area is 152 Å². The molecule has 1 aliphatic heterocycles. The smallest absolute Gasteiger partial charge is 0.327 e. The second-order valence-corrected chi connectivity index (χ2v) is 6.74. The molecule has 0 aromatic heterocycles. The molecule has 0 bridgehead atoms. The fourth-order valence-electron chi connectivity index (χ4n) is 3.34. The highest BCUT2D eigenvalue weighted by molar-refractivity contribution is 6.06. The Morgan fingerprint density at radius 3 is 2.35 bits per heavy atom. The van der Waals surface area contributed by atoms with Gasteiger partial charge in [-0.2, -0.15) is 0 Å². The maximum absolute atomic E-state index is 12.8. The lowest BCUT2D eigenvalue weighted by atomic mass is 9.97. The Bertz CT molecular complexity index is 814. The van der Waals surface area contributed by atoms with Crippen molar-refractivity contribution in [3.8, 4) is 0 Å². The van der Waals surface area contributed by atoms with E-state index >= 15 is 0 Å². The van der Waals surface area contributed by atoms with E-state index in [1.54, 1.807) is 12.1 Å². The summed E-state index contributed by atoms with van der Waals surface area (Å²) < 4.78 is 0. The zero-order valence-corrected chi connectivity index (χ0v) is 14.6. The number of hydrogen-bond acceptors (Lipinski definition) is 3. The molecule has 5 nitrogen and oxygen atoms in total. The van der Waals surface area contributed by atoms with Gasteiger partial charge in [0.2, 0.25) is 11.8 Å². The number of carbonyl (C=O) groups excluding carboxylic acids is 2. The van der Waals surface area contributed by atoms with Gasteiger partial charge < -0.3 is 5.11 Å². The maximum atomic E-state index is 12.8. The summed E-state index contributed by atoms with van der Waals surface area (Å²) in [5.74, 6) is -2.45. The van der Waals surface area contributed by atoms with E-state index in [0.717, 1.165) is 21.6 Å². The Hall–Kier alpha value is -2.95. The predicted molar refractivity (Wildman–Crippen MR) is 96.4 cm³/mol. The molecule has 134 valence electrons. The summed E-state index contributed by atoms with van der Waals surface area (Å²) in [6, 6.07) is 15.7. The van der Waals surface area contributed by atoms with Crippen molar-refractivity contribution in [2.45, 2.75) is 32.2 Å². The minimum atomic E-state index is -1.17. The summed E-state index contributed by atoms with van der Waals surface area (Å²) in [6.07, 6.45) is 0.620. The summed E-state index contributed by atoms with van der Waals surface area (Å²) in [7, 11) is 0. The molecular weight excluding hydrogens is 330 g/mol. The second kappa shape index (κ2) is 7.52. The lowest BCUT2D eigenvalue weighted by Crippen LogP contribution is -2.46. The molecule has 1 heterocycles. The second-order valence-electron chi connectivity index (χ2n) is 6.74. The van der Waals surface area contributed by atoms with Crippen LogP contribution in [0.3, 0.4) is 0 Å². The normalized spacial score (nSPS) is 18.2. The number of nitrogens with zero attached hydrogens (tertiary/aromatic N) is 1. The fourth-order valence-corrected chi connectivity index (χ4v) is 3.34. The fraction of sp³-hybridized carbons (Fsp3) is 0.286. The van der Waals surface area contributed by atoms with E-state index in [1.165, 1.54) is 0 Å². The van der Waals surface area contributed by atoms with E-state index in [9.17, 15) is 19.5 Å². The molecule has 1 saturated heterocycles. The summed E-state index contributed by atoms with van der Waals surface area (Å²) in [6.45, 7) is 1.98. The van der Waals surface area contributed by atoms with Gasteiger partial charge in [-0.1, -0.05) is 60.2 Å². The van der Waals surface area contributed by atoms with Crippen molar-refractivity contribution in [2.24, 2.45) is 5.92 Å². The van der Waals surface area contributed by atoms with Gasteiger partial charge in [0.1, 0.15) is 6.04 Å². The number of carboxylic acids is 1. The van der Waals surface area contributed by atoms with Crippen LogP contribution in [0.25, 0.3) is 0 Å². The molecule has 0 radical (unpaired) electrons. The average Bonchev–Trinajstić information content (AvgIpc) is 2.89. The highest BCUT2D eigenvalue weighted by Crippen LogP contribution is 2.27. The highest BCUT2D eigenvalue weighted by Gasteiger charge is 2.44. The third-order valence-electron chi connectivity index (χ3n) is 4.75. The molecule has 5 heteroatoms. The van der Waals surface area contributed by atoms with Gasteiger partial charge in [0.25, 0.3) is 0 Å². The van der Waals surface area contributed by atoms with Crippen LogP contribution in [0.15, 0.2) is 54.6 Å². The largest absolute Gasteiger partial charge is 0.480 e. The van der Waals surface area contributed by atoms with Crippen LogP contribution >= 0.6 is 0 Å². The van der Waals surface area contributed by atoms with Crippen LogP contribution in [0, 0.1) is 12.8 Å². The molecule has 0 unspecified atom stereocenters. The molecule has 2 aromatic carbocycles. The third kappa shape index (κ3) is 3.82. The first-order valence-corrected chi connectivity index (χ1v) is 8.64. The van der Waals surface area contributed by atoms with E-state index in [2.05, 4.69) is 0 Å². The first-order valence-electron chi connectivity index (χ1n) is 8.64. The molecule has 2 atom stereocenters. The number of aryl methyl sites for hydroxylation is 1.